The maximum absolute atomic E-state index is 13.3. The first kappa shape index (κ1) is 14.2. The zero-order valence-corrected chi connectivity index (χ0v) is 11.5. The molecule has 0 atom stereocenters. The number of rotatable bonds is 3. The summed E-state index contributed by atoms with van der Waals surface area (Å²) in [5.41, 5.74) is 0. The van der Waals surface area contributed by atoms with Crippen molar-refractivity contribution in [2.45, 2.75) is 9.79 Å². The highest BCUT2D eigenvalue weighted by Gasteiger charge is 2.23. The van der Waals surface area contributed by atoms with Gasteiger partial charge in [-0.25, -0.2) is 16.5 Å². The van der Waals surface area contributed by atoms with E-state index in [-0.39, 0.29) is 0 Å². The van der Waals surface area contributed by atoms with Gasteiger partial charge in [0.1, 0.15) is 0 Å². The van der Waals surface area contributed by atoms with Crippen molar-refractivity contribution in [3.63, 3.8) is 0 Å². The summed E-state index contributed by atoms with van der Waals surface area (Å²) in [4.78, 5) is 12.7. The smallest absolute Gasteiger partial charge is 0.269 e. The van der Waals surface area contributed by atoms with Gasteiger partial charge in [0, 0.05) is 19.9 Å². The van der Waals surface area contributed by atoms with Gasteiger partial charge >= 0.3 is 6.03 Å². The summed E-state index contributed by atoms with van der Waals surface area (Å²) in [5.74, 6) is 10.4. The van der Waals surface area contributed by atoms with Gasteiger partial charge in [0.15, 0.2) is 0 Å². The van der Waals surface area contributed by atoms with E-state index in [0.717, 1.165) is 0 Å². The number of amides is 2. The zero-order chi connectivity index (χ0) is 14.6. The molecule has 0 aliphatic carbocycles. The highest BCUT2D eigenvalue weighted by atomic mass is 32.3. The van der Waals surface area contributed by atoms with Crippen molar-refractivity contribution in [1.82, 2.24) is 9.84 Å². The predicted molar refractivity (Wildman–Crippen MR) is 77.7 cm³/mol. The molecular weight excluding hydrogens is 276 g/mol. The number of nitrogens with zero attached hydrogens (tertiary/aromatic N) is 1. The SMILES string of the molecule is NN(N)C(=O)N[SH](=O)(c1ccccc1)c1ccccc1. The zero-order valence-electron chi connectivity index (χ0n) is 10.6. The van der Waals surface area contributed by atoms with E-state index in [1.165, 1.54) is 0 Å². The number of hydrazine groups is 2. The average molecular weight is 292 g/mol. The van der Waals surface area contributed by atoms with Gasteiger partial charge in [-0.05, 0) is 24.3 Å². The average Bonchev–Trinajstić information content (AvgIpc) is 2.48. The quantitative estimate of drug-likeness (QED) is 0.291. The first-order chi connectivity index (χ1) is 9.54. The van der Waals surface area contributed by atoms with E-state index in [1.54, 1.807) is 60.7 Å². The fourth-order valence-corrected chi connectivity index (χ4v) is 3.87. The molecule has 2 amide bonds. The van der Waals surface area contributed by atoms with Gasteiger partial charge in [0.2, 0.25) is 0 Å². The lowest BCUT2D eigenvalue weighted by Gasteiger charge is -2.27. The van der Waals surface area contributed by atoms with Gasteiger partial charge in [-0.15, -0.1) is 0 Å². The third kappa shape index (κ3) is 2.85. The summed E-state index contributed by atoms with van der Waals surface area (Å²) in [6, 6.07) is 16.5. The molecule has 2 rings (SSSR count). The Morgan fingerprint density at radius 3 is 1.65 bits per heavy atom. The largest absolute Gasteiger partial charge is 0.357 e. The summed E-state index contributed by atoms with van der Waals surface area (Å²) >= 11 is 0. The van der Waals surface area contributed by atoms with Crippen LogP contribution in [-0.2, 0) is 10.1 Å². The van der Waals surface area contributed by atoms with Crippen LogP contribution in [0, 0.1) is 0 Å². The Balaban J connectivity index is 2.50. The van der Waals surface area contributed by atoms with Crippen molar-refractivity contribution < 1.29 is 9.00 Å². The Bertz CT molecular complexity index is 588. The van der Waals surface area contributed by atoms with Crippen LogP contribution in [-0.4, -0.2) is 15.4 Å². The maximum Gasteiger partial charge on any atom is 0.357 e. The molecule has 0 radical (unpaired) electrons. The van der Waals surface area contributed by atoms with Crippen LogP contribution in [0.4, 0.5) is 4.79 Å². The molecule has 0 aliphatic heterocycles. The van der Waals surface area contributed by atoms with Crippen LogP contribution in [0.3, 0.4) is 0 Å². The maximum atomic E-state index is 13.3. The van der Waals surface area contributed by atoms with Crippen LogP contribution in [0.25, 0.3) is 0 Å². The molecule has 2 aromatic rings. The lowest BCUT2D eigenvalue weighted by atomic mass is 10.4. The molecule has 20 heavy (non-hydrogen) atoms. The topological polar surface area (TPSA) is 101 Å². The van der Waals surface area contributed by atoms with Crippen molar-refractivity contribution in [2.75, 3.05) is 0 Å². The lowest BCUT2D eigenvalue weighted by molar-refractivity contribution is 0.206. The number of urea groups is 1. The predicted octanol–water partition coefficient (Wildman–Crippen LogP) is 0.795. The second-order valence-corrected chi connectivity index (χ2v) is 6.58. The Hall–Kier alpha value is -2.22. The Labute approximate surface area is 117 Å². The monoisotopic (exact) mass is 292 g/mol. The molecule has 0 fully saturated rings. The van der Waals surface area contributed by atoms with E-state index in [0.29, 0.717) is 14.9 Å². The number of carbonyl (C=O) groups is 1. The lowest BCUT2D eigenvalue weighted by Crippen LogP contribution is -2.52. The van der Waals surface area contributed by atoms with Crippen LogP contribution in [0.2, 0.25) is 0 Å². The molecule has 6 nitrogen and oxygen atoms in total. The molecular formula is C13H16N4O2S. The van der Waals surface area contributed by atoms with Gasteiger partial charge in [-0.2, -0.15) is 5.12 Å². The van der Waals surface area contributed by atoms with Crippen LogP contribution in [0.5, 0.6) is 0 Å². The summed E-state index contributed by atoms with van der Waals surface area (Å²) < 4.78 is 15.7. The molecule has 0 aliphatic rings. The highest BCUT2D eigenvalue weighted by Crippen LogP contribution is 2.25. The van der Waals surface area contributed by atoms with Crippen molar-refractivity contribution in [3.8, 4) is 0 Å². The molecule has 0 unspecified atom stereocenters. The molecule has 0 spiro atoms. The van der Waals surface area contributed by atoms with Crippen LogP contribution in [0.15, 0.2) is 70.5 Å². The van der Waals surface area contributed by atoms with E-state index in [9.17, 15) is 9.00 Å². The fraction of sp³-hybridized carbons (Fsp3) is 0. The molecule has 106 valence electrons. The first-order valence-electron chi connectivity index (χ1n) is 5.87. The minimum Gasteiger partial charge on any atom is -0.269 e. The van der Waals surface area contributed by atoms with Crippen molar-refractivity contribution in [3.05, 3.63) is 60.7 Å². The van der Waals surface area contributed by atoms with E-state index in [4.69, 9.17) is 11.7 Å². The molecule has 0 saturated carbocycles. The number of hydrogen-bond donors (Lipinski definition) is 4. The summed E-state index contributed by atoms with van der Waals surface area (Å²) in [7, 11) is -3.34. The first-order valence-corrected chi connectivity index (χ1v) is 7.58. The van der Waals surface area contributed by atoms with Gasteiger partial charge < -0.3 is 0 Å². The van der Waals surface area contributed by atoms with E-state index < -0.39 is 16.1 Å². The molecule has 0 heterocycles. The molecule has 5 N–H and O–H groups in total. The Morgan fingerprint density at radius 1 is 0.900 bits per heavy atom. The van der Waals surface area contributed by atoms with E-state index >= 15 is 0 Å². The van der Waals surface area contributed by atoms with E-state index in [1.807, 2.05) is 0 Å². The van der Waals surface area contributed by atoms with Gasteiger partial charge in [0.25, 0.3) is 0 Å². The normalized spacial score (nSPS) is 11.7. The van der Waals surface area contributed by atoms with Crippen LogP contribution < -0.4 is 16.4 Å². The number of nitrogens with two attached hydrogens (primary N) is 2. The molecule has 0 bridgehead atoms. The van der Waals surface area contributed by atoms with Crippen molar-refractivity contribution >= 4 is 16.1 Å². The van der Waals surface area contributed by atoms with Crippen LogP contribution >= 0.6 is 0 Å². The minimum absolute atomic E-state index is 0.374. The highest BCUT2D eigenvalue weighted by molar-refractivity contribution is 8.01. The number of carbonyl (C=O) groups excluding carboxylic acids is 1. The second-order valence-electron chi connectivity index (χ2n) is 4.10. The van der Waals surface area contributed by atoms with Crippen molar-refractivity contribution in [2.24, 2.45) is 11.7 Å². The molecule has 0 aromatic heterocycles. The van der Waals surface area contributed by atoms with E-state index in [2.05, 4.69) is 4.72 Å². The molecule has 7 heteroatoms. The fourth-order valence-electron chi connectivity index (χ4n) is 1.75. The molecule has 2 aromatic carbocycles. The third-order valence-electron chi connectivity index (χ3n) is 2.73. The van der Waals surface area contributed by atoms with Gasteiger partial charge in [0.05, 0.1) is 0 Å². The Kier molecular flexibility index (Phi) is 4.14. The number of thiol groups is 1. The standard InChI is InChI=1S/C13H16N4O2S/c14-17(15)13(18)16-20(19,11-7-3-1-4-8-11)12-9-5-2-6-10-12/h1-10,20H,14-15H2,(H,16,18,19). The van der Waals surface area contributed by atoms with Crippen molar-refractivity contribution in [1.29, 1.82) is 0 Å². The summed E-state index contributed by atoms with van der Waals surface area (Å²) in [6.45, 7) is 0. The number of benzene rings is 2. The Morgan fingerprint density at radius 2 is 1.30 bits per heavy atom. The van der Waals surface area contributed by atoms with Crippen LogP contribution in [0.1, 0.15) is 0 Å². The number of hydrogen-bond acceptors (Lipinski definition) is 4. The summed E-state index contributed by atoms with van der Waals surface area (Å²) in [6.07, 6.45) is 0. The van der Waals surface area contributed by atoms with Gasteiger partial charge in [-0.1, -0.05) is 36.4 Å². The summed E-state index contributed by atoms with van der Waals surface area (Å²) in [5, 5.41) is 0.374. The molecule has 0 saturated heterocycles. The van der Waals surface area contributed by atoms with Gasteiger partial charge in [-0.3, -0.25) is 8.93 Å². The number of nitrogens with one attached hydrogen (secondary N) is 1. The minimum atomic E-state index is -3.34. The second kappa shape index (κ2) is 5.83. The third-order valence-corrected chi connectivity index (χ3v) is 5.28.